The highest BCUT2D eigenvalue weighted by atomic mass is 35.5. The van der Waals surface area contributed by atoms with Crippen molar-refractivity contribution in [2.24, 2.45) is 5.92 Å². The summed E-state index contributed by atoms with van der Waals surface area (Å²) in [6.07, 6.45) is 5.77. The van der Waals surface area contributed by atoms with Crippen molar-refractivity contribution >= 4 is 24.8 Å². The summed E-state index contributed by atoms with van der Waals surface area (Å²) in [5.41, 5.74) is 0. The van der Waals surface area contributed by atoms with Crippen molar-refractivity contribution < 1.29 is 4.74 Å². The van der Waals surface area contributed by atoms with Gasteiger partial charge in [0, 0.05) is 12.4 Å². The summed E-state index contributed by atoms with van der Waals surface area (Å²) in [5, 5.41) is 3.33. The first-order valence-corrected chi connectivity index (χ1v) is 5.05. The van der Waals surface area contributed by atoms with E-state index < -0.39 is 0 Å². The smallest absolute Gasteiger partial charge is 0.316 e. The van der Waals surface area contributed by atoms with Gasteiger partial charge in [0.2, 0.25) is 0 Å². The molecule has 0 saturated carbocycles. The third kappa shape index (κ3) is 4.96. The van der Waals surface area contributed by atoms with Crippen molar-refractivity contribution in [1.82, 2.24) is 15.3 Å². The molecule has 0 bridgehead atoms. The van der Waals surface area contributed by atoms with E-state index in [1.165, 1.54) is 12.8 Å². The van der Waals surface area contributed by atoms with Gasteiger partial charge in [0.15, 0.2) is 0 Å². The van der Waals surface area contributed by atoms with Crippen LogP contribution in [0.5, 0.6) is 6.01 Å². The fourth-order valence-electron chi connectivity index (χ4n) is 1.60. The number of ether oxygens (including phenoxy) is 1. The van der Waals surface area contributed by atoms with Gasteiger partial charge in [0.1, 0.15) is 0 Å². The third-order valence-corrected chi connectivity index (χ3v) is 2.45. The Morgan fingerprint density at radius 3 is 2.44 bits per heavy atom. The number of hydrogen-bond acceptors (Lipinski definition) is 4. The van der Waals surface area contributed by atoms with Crippen LogP contribution in [0.4, 0.5) is 0 Å². The van der Waals surface area contributed by atoms with Gasteiger partial charge in [-0.15, -0.1) is 24.8 Å². The van der Waals surface area contributed by atoms with Crippen molar-refractivity contribution in [2.45, 2.75) is 12.8 Å². The topological polar surface area (TPSA) is 47.0 Å². The predicted molar refractivity (Wildman–Crippen MR) is 67.6 cm³/mol. The predicted octanol–water partition coefficient (Wildman–Crippen LogP) is 1.70. The minimum absolute atomic E-state index is 0. The van der Waals surface area contributed by atoms with Crippen LogP contribution in [-0.2, 0) is 0 Å². The Morgan fingerprint density at radius 1 is 1.19 bits per heavy atom. The zero-order chi connectivity index (χ0) is 9.64. The number of nitrogens with one attached hydrogen (secondary N) is 1. The van der Waals surface area contributed by atoms with E-state index in [9.17, 15) is 0 Å². The Hall–Kier alpha value is -0.580. The van der Waals surface area contributed by atoms with Crippen molar-refractivity contribution in [3.05, 3.63) is 18.5 Å². The molecule has 1 aromatic rings. The highest BCUT2D eigenvalue weighted by molar-refractivity contribution is 5.85. The van der Waals surface area contributed by atoms with Crippen molar-refractivity contribution in [2.75, 3.05) is 19.7 Å². The van der Waals surface area contributed by atoms with Crippen LogP contribution < -0.4 is 10.1 Å². The molecule has 1 aromatic heterocycles. The normalized spacial score (nSPS) is 15.8. The van der Waals surface area contributed by atoms with Gasteiger partial charge in [-0.05, 0) is 37.9 Å². The van der Waals surface area contributed by atoms with Crippen LogP contribution in [0, 0.1) is 5.92 Å². The van der Waals surface area contributed by atoms with Gasteiger partial charge in [-0.25, -0.2) is 9.97 Å². The maximum absolute atomic E-state index is 5.50. The summed E-state index contributed by atoms with van der Waals surface area (Å²) in [6.45, 7) is 2.94. The SMILES string of the molecule is Cl.Cl.c1cnc(OCC2CCNCC2)nc1. The zero-order valence-corrected chi connectivity index (χ0v) is 10.6. The molecule has 92 valence electrons. The molecule has 0 aliphatic carbocycles. The van der Waals surface area contributed by atoms with Gasteiger partial charge in [0.25, 0.3) is 0 Å². The van der Waals surface area contributed by atoms with E-state index in [1.54, 1.807) is 18.5 Å². The highest BCUT2D eigenvalue weighted by Gasteiger charge is 2.13. The first-order valence-electron chi connectivity index (χ1n) is 5.05. The first kappa shape index (κ1) is 15.4. The molecule has 0 aromatic carbocycles. The van der Waals surface area contributed by atoms with Crippen LogP contribution in [0.3, 0.4) is 0 Å². The van der Waals surface area contributed by atoms with Crippen LogP contribution in [0.1, 0.15) is 12.8 Å². The summed E-state index contributed by atoms with van der Waals surface area (Å²) in [6, 6.07) is 2.28. The quantitative estimate of drug-likeness (QED) is 0.904. The largest absolute Gasteiger partial charge is 0.463 e. The Balaban J connectivity index is 0.00000112. The van der Waals surface area contributed by atoms with E-state index in [1.807, 2.05) is 0 Å². The molecule has 1 N–H and O–H groups in total. The minimum Gasteiger partial charge on any atom is -0.463 e. The number of nitrogens with zero attached hydrogens (tertiary/aromatic N) is 2. The Kier molecular flexibility index (Phi) is 8.25. The second kappa shape index (κ2) is 8.56. The lowest BCUT2D eigenvalue weighted by atomic mass is 9.99. The molecule has 4 nitrogen and oxygen atoms in total. The van der Waals surface area contributed by atoms with Gasteiger partial charge in [-0.1, -0.05) is 0 Å². The lowest BCUT2D eigenvalue weighted by molar-refractivity contribution is 0.202. The fraction of sp³-hybridized carbons (Fsp3) is 0.600. The zero-order valence-electron chi connectivity index (χ0n) is 8.96. The van der Waals surface area contributed by atoms with E-state index in [2.05, 4.69) is 15.3 Å². The highest BCUT2D eigenvalue weighted by Crippen LogP contribution is 2.12. The lowest BCUT2D eigenvalue weighted by Crippen LogP contribution is -2.30. The summed E-state index contributed by atoms with van der Waals surface area (Å²) in [4.78, 5) is 8.03. The van der Waals surface area contributed by atoms with Gasteiger partial charge >= 0.3 is 6.01 Å². The van der Waals surface area contributed by atoms with E-state index in [-0.39, 0.29) is 24.8 Å². The first-order chi connectivity index (χ1) is 6.95. The summed E-state index contributed by atoms with van der Waals surface area (Å²) in [7, 11) is 0. The maximum Gasteiger partial charge on any atom is 0.316 e. The van der Waals surface area contributed by atoms with Crippen LogP contribution in [-0.4, -0.2) is 29.7 Å². The molecule has 16 heavy (non-hydrogen) atoms. The van der Waals surface area contributed by atoms with Gasteiger partial charge in [-0.2, -0.15) is 0 Å². The molecule has 0 atom stereocenters. The molecular formula is C10H17Cl2N3O. The molecule has 1 fully saturated rings. The van der Waals surface area contributed by atoms with Crippen LogP contribution in [0.2, 0.25) is 0 Å². The molecule has 0 unspecified atom stereocenters. The summed E-state index contributed by atoms with van der Waals surface area (Å²) < 4.78 is 5.50. The molecule has 0 amide bonds. The second-order valence-corrected chi connectivity index (χ2v) is 3.54. The van der Waals surface area contributed by atoms with Crippen LogP contribution in [0.25, 0.3) is 0 Å². The molecule has 2 heterocycles. The minimum atomic E-state index is 0. The Bertz CT molecular complexity index is 268. The van der Waals surface area contributed by atoms with E-state index >= 15 is 0 Å². The average molecular weight is 266 g/mol. The number of rotatable bonds is 3. The molecule has 6 heteroatoms. The van der Waals surface area contributed by atoms with Crippen LogP contribution in [0.15, 0.2) is 18.5 Å². The molecule has 1 saturated heterocycles. The molecule has 1 aliphatic rings. The summed E-state index contributed by atoms with van der Waals surface area (Å²) in [5.74, 6) is 0.653. The van der Waals surface area contributed by atoms with E-state index in [0.717, 1.165) is 19.7 Å². The van der Waals surface area contributed by atoms with E-state index in [0.29, 0.717) is 11.9 Å². The van der Waals surface area contributed by atoms with Crippen molar-refractivity contribution in [3.8, 4) is 6.01 Å². The van der Waals surface area contributed by atoms with Crippen molar-refractivity contribution in [3.63, 3.8) is 0 Å². The Morgan fingerprint density at radius 2 is 1.81 bits per heavy atom. The fourth-order valence-corrected chi connectivity index (χ4v) is 1.60. The number of piperidine rings is 1. The number of halogens is 2. The van der Waals surface area contributed by atoms with Gasteiger partial charge in [-0.3, -0.25) is 0 Å². The maximum atomic E-state index is 5.50. The standard InChI is InChI=1S/C10H15N3O.2ClH/c1-4-12-10(13-5-1)14-8-9-2-6-11-7-3-9;;/h1,4-5,9,11H,2-3,6-8H2;2*1H. The monoisotopic (exact) mass is 265 g/mol. The molecule has 0 spiro atoms. The second-order valence-electron chi connectivity index (χ2n) is 3.54. The van der Waals surface area contributed by atoms with Gasteiger partial charge < -0.3 is 10.1 Å². The van der Waals surface area contributed by atoms with E-state index in [4.69, 9.17) is 4.74 Å². The number of aromatic nitrogens is 2. The Labute approximate surface area is 108 Å². The van der Waals surface area contributed by atoms with Crippen LogP contribution >= 0.6 is 24.8 Å². The molecular weight excluding hydrogens is 249 g/mol. The molecule has 0 radical (unpaired) electrons. The van der Waals surface area contributed by atoms with Gasteiger partial charge in [0.05, 0.1) is 6.61 Å². The summed E-state index contributed by atoms with van der Waals surface area (Å²) >= 11 is 0. The van der Waals surface area contributed by atoms with Crippen molar-refractivity contribution in [1.29, 1.82) is 0 Å². The lowest BCUT2D eigenvalue weighted by Gasteiger charge is -2.21. The molecule has 1 aliphatic heterocycles. The average Bonchev–Trinajstić information content (AvgIpc) is 2.29. The number of hydrogen-bond donors (Lipinski definition) is 1. The third-order valence-electron chi connectivity index (χ3n) is 2.45. The molecule has 2 rings (SSSR count).